The van der Waals surface area contributed by atoms with Gasteiger partial charge in [0.1, 0.15) is 5.75 Å². The molecule has 4 rings (SSSR count). The van der Waals surface area contributed by atoms with Crippen LogP contribution >= 0.6 is 24.2 Å². The van der Waals surface area contributed by atoms with Gasteiger partial charge in [-0.2, -0.15) is 0 Å². The van der Waals surface area contributed by atoms with Gasteiger partial charge in [-0.25, -0.2) is 12.7 Å². The van der Waals surface area contributed by atoms with Crippen molar-refractivity contribution in [3.63, 3.8) is 0 Å². The number of anilines is 2. The van der Waals surface area contributed by atoms with Crippen molar-refractivity contribution in [3.05, 3.63) is 36.4 Å². The highest BCUT2D eigenvalue weighted by molar-refractivity contribution is 8.00. The summed E-state index contributed by atoms with van der Waals surface area (Å²) < 4.78 is 33.6. The molecular weight excluding hydrogens is 530 g/mol. The predicted molar refractivity (Wildman–Crippen MR) is 153 cm³/mol. The van der Waals surface area contributed by atoms with E-state index in [0.717, 1.165) is 72.4 Å². The molecule has 2 aromatic rings. The van der Waals surface area contributed by atoms with E-state index in [-0.39, 0.29) is 24.6 Å². The minimum absolute atomic E-state index is 0. The lowest BCUT2D eigenvalue weighted by atomic mass is 9.92. The number of sulfonamides is 1. The Balaban J connectivity index is 0.00000380. The fourth-order valence-electron chi connectivity index (χ4n) is 4.95. The highest BCUT2D eigenvalue weighted by Gasteiger charge is 2.31. The standard InChI is InChI=1S/C27H39N3O4S2.ClH/c1-19(2)34-22-10-11-25-24(18-22)30(15-7-14-29-16-12-21(13-17-29)20(3)31)23-8-6-9-26(27(23)35-25)36(32,33)28(4)5;/h6,8-11,18-21,31H,7,12-17H2,1-5H3;1H. The van der Waals surface area contributed by atoms with Gasteiger partial charge in [-0.1, -0.05) is 17.8 Å². The van der Waals surface area contributed by atoms with Gasteiger partial charge in [0.15, 0.2) is 0 Å². The van der Waals surface area contributed by atoms with Crippen molar-refractivity contribution in [1.82, 2.24) is 9.21 Å². The van der Waals surface area contributed by atoms with Crippen LogP contribution in [0.2, 0.25) is 0 Å². The van der Waals surface area contributed by atoms with Gasteiger partial charge in [0.05, 0.1) is 33.4 Å². The Morgan fingerprint density at radius 2 is 1.78 bits per heavy atom. The van der Waals surface area contributed by atoms with Crippen LogP contribution in [-0.2, 0) is 10.0 Å². The Morgan fingerprint density at radius 3 is 2.41 bits per heavy atom. The number of likely N-dealkylation sites (tertiary alicyclic amines) is 1. The number of nitrogens with zero attached hydrogens (tertiary/aromatic N) is 3. The maximum absolute atomic E-state index is 13.1. The Morgan fingerprint density at radius 1 is 1.08 bits per heavy atom. The number of rotatable bonds is 9. The second-order valence-electron chi connectivity index (χ2n) is 10.2. The average Bonchev–Trinajstić information content (AvgIpc) is 2.83. The van der Waals surface area contributed by atoms with Crippen molar-refractivity contribution < 1.29 is 18.3 Å². The zero-order chi connectivity index (χ0) is 26.0. The van der Waals surface area contributed by atoms with E-state index in [9.17, 15) is 13.5 Å². The van der Waals surface area contributed by atoms with Crippen LogP contribution in [0.5, 0.6) is 5.75 Å². The predicted octanol–water partition coefficient (Wildman–Crippen LogP) is 5.23. The summed E-state index contributed by atoms with van der Waals surface area (Å²) in [5.41, 5.74) is 1.97. The number of benzene rings is 2. The molecular formula is C27H40ClN3O4S2. The minimum Gasteiger partial charge on any atom is -0.491 e. The highest BCUT2D eigenvalue weighted by Crippen LogP contribution is 2.51. The van der Waals surface area contributed by atoms with Gasteiger partial charge in [0.25, 0.3) is 0 Å². The van der Waals surface area contributed by atoms with Crippen LogP contribution in [0.3, 0.4) is 0 Å². The smallest absolute Gasteiger partial charge is 0.243 e. The number of ether oxygens (including phenoxy) is 1. The molecule has 0 radical (unpaired) electrons. The van der Waals surface area contributed by atoms with Gasteiger partial charge < -0.3 is 19.6 Å². The summed E-state index contributed by atoms with van der Waals surface area (Å²) in [6.45, 7) is 9.69. The molecule has 1 unspecified atom stereocenters. The summed E-state index contributed by atoms with van der Waals surface area (Å²) >= 11 is 1.51. The SMILES string of the molecule is CC(C)Oc1ccc2c(c1)N(CCCN1CCC(C(C)O)CC1)c1cccc(S(=O)(=O)N(C)C)c1S2.Cl. The quantitative estimate of drug-likeness (QED) is 0.443. The van der Waals surface area contributed by atoms with E-state index in [0.29, 0.717) is 10.8 Å². The maximum atomic E-state index is 13.1. The van der Waals surface area contributed by atoms with E-state index in [1.807, 2.05) is 45.0 Å². The van der Waals surface area contributed by atoms with E-state index in [4.69, 9.17) is 4.74 Å². The summed E-state index contributed by atoms with van der Waals surface area (Å²) in [5, 5.41) is 9.90. The van der Waals surface area contributed by atoms with Crippen molar-refractivity contribution in [1.29, 1.82) is 0 Å². The number of aliphatic hydroxyl groups is 1. The first kappa shape index (κ1) is 30.1. The molecule has 0 amide bonds. The first-order valence-corrected chi connectivity index (χ1v) is 15.1. The molecule has 0 bridgehead atoms. The number of aliphatic hydroxyl groups excluding tert-OH is 1. The zero-order valence-electron chi connectivity index (χ0n) is 22.4. The lowest BCUT2D eigenvalue weighted by Crippen LogP contribution is -2.38. The fraction of sp³-hybridized carbons (Fsp3) is 0.556. The molecule has 2 aromatic carbocycles. The van der Waals surface area contributed by atoms with Gasteiger partial charge in [-0.3, -0.25) is 0 Å². The maximum Gasteiger partial charge on any atom is 0.243 e. The summed E-state index contributed by atoms with van der Waals surface area (Å²) in [6, 6.07) is 11.6. The van der Waals surface area contributed by atoms with Crippen LogP contribution in [0, 0.1) is 5.92 Å². The summed E-state index contributed by atoms with van der Waals surface area (Å²) in [5.74, 6) is 1.21. The minimum atomic E-state index is -3.59. The van der Waals surface area contributed by atoms with Crippen molar-refractivity contribution >= 4 is 45.6 Å². The fourth-order valence-corrected chi connectivity index (χ4v) is 7.46. The molecule has 7 nitrogen and oxygen atoms in total. The van der Waals surface area contributed by atoms with Crippen LogP contribution in [0.4, 0.5) is 11.4 Å². The topological polar surface area (TPSA) is 73.3 Å². The monoisotopic (exact) mass is 569 g/mol. The third kappa shape index (κ3) is 6.75. The molecule has 10 heteroatoms. The van der Waals surface area contributed by atoms with Crippen LogP contribution in [-0.4, -0.2) is 75.2 Å². The lowest BCUT2D eigenvalue weighted by molar-refractivity contribution is 0.0717. The molecule has 0 spiro atoms. The molecule has 1 fully saturated rings. The largest absolute Gasteiger partial charge is 0.491 e. The summed E-state index contributed by atoms with van der Waals surface area (Å²) in [6.07, 6.45) is 2.85. The number of halogens is 1. The molecule has 0 aliphatic carbocycles. The molecule has 2 heterocycles. The second kappa shape index (κ2) is 12.6. The van der Waals surface area contributed by atoms with Gasteiger partial charge in [-0.15, -0.1) is 12.4 Å². The Kier molecular flexibility index (Phi) is 10.2. The van der Waals surface area contributed by atoms with E-state index in [2.05, 4.69) is 15.9 Å². The normalized spacial score (nSPS) is 17.4. The molecule has 0 aromatic heterocycles. The molecule has 1 atom stereocenters. The van der Waals surface area contributed by atoms with Crippen molar-refractivity contribution in [2.75, 3.05) is 45.2 Å². The van der Waals surface area contributed by atoms with E-state index in [1.54, 1.807) is 20.2 Å². The molecule has 206 valence electrons. The first-order chi connectivity index (χ1) is 17.1. The Hall–Kier alpha value is -1.49. The van der Waals surface area contributed by atoms with Crippen molar-refractivity contribution in [2.24, 2.45) is 5.92 Å². The second-order valence-corrected chi connectivity index (χ2v) is 13.4. The van der Waals surface area contributed by atoms with Gasteiger partial charge >= 0.3 is 0 Å². The lowest BCUT2D eigenvalue weighted by Gasteiger charge is -2.36. The van der Waals surface area contributed by atoms with Crippen LogP contribution in [0.25, 0.3) is 0 Å². The number of hydrogen-bond donors (Lipinski definition) is 1. The van der Waals surface area contributed by atoms with E-state index in [1.165, 1.54) is 16.1 Å². The van der Waals surface area contributed by atoms with Gasteiger partial charge in [0.2, 0.25) is 10.0 Å². The highest BCUT2D eigenvalue weighted by atomic mass is 35.5. The zero-order valence-corrected chi connectivity index (χ0v) is 24.8. The van der Waals surface area contributed by atoms with E-state index < -0.39 is 10.0 Å². The molecule has 0 saturated carbocycles. The van der Waals surface area contributed by atoms with Crippen LogP contribution in [0.15, 0.2) is 51.1 Å². The van der Waals surface area contributed by atoms with Gasteiger partial charge in [0, 0.05) is 31.6 Å². The summed E-state index contributed by atoms with van der Waals surface area (Å²) in [7, 11) is -0.439. The molecule has 1 N–H and O–H groups in total. The van der Waals surface area contributed by atoms with Crippen LogP contribution in [0.1, 0.15) is 40.0 Å². The van der Waals surface area contributed by atoms with Crippen LogP contribution < -0.4 is 9.64 Å². The Bertz CT molecular complexity index is 1170. The molecule has 2 aliphatic rings. The van der Waals surface area contributed by atoms with Gasteiger partial charge in [-0.05, 0) is 89.9 Å². The number of fused-ring (bicyclic) bond motifs is 2. The number of hydrogen-bond acceptors (Lipinski definition) is 7. The average molecular weight is 570 g/mol. The summed E-state index contributed by atoms with van der Waals surface area (Å²) in [4.78, 5) is 6.87. The van der Waals surface area contributed by atoms with Crippen molar-refractivity contribution in [3.8, 4) is 5.75 Å². The first-order valence-electron chi connectivity index (χ1n) is 12.8. The third-order valence-corrected chi connectivity index (χ3v) is 10.2. The Labute approximate surface area is 232 Å². The molecule has 1 saturated heterocycles. The van der Waals surface area contributed by atoms with Crippen molar-refractivity contribution in [2.45, 2.75) is 66.9 Å². The van der Waals surface area contributed by atoms with E-state index >= 15 is 0 Å². The molecule has 37 heavy (non-hydrogen) atoms. The molecule has 2 aliphatic heterocycles. The third-order valence-electron chi connectivity index (χ3n) is 6.98. The number of piperidine rings is 1.